The van der Waals surface area contributed by atoms with E-state index in [-0.39, 0.29) is 5.92 Å². The molecular weight excluding hydrogens is 156 g/mol. The SMILES string of the molecule is OC(c1ccoc1)C(O)C1CC1. The van der Waals surface area contributed by atoms with Gasteiger partial charge in [0, 0.05) is 5.56 Å². The fraction of sp³-hybridized carbons (Fsp3) is 0.556. The van der Waals surface area contributed by atoms with Gasteiger partial charge in [-0.1, -0.05) is 0 Å². The van der Waals surface area contributed by atoms with Crippen molar-refractivity contribution < 1.29 is 14.6 Å². The van der Waals surface area contributed by atoms with Crippen LogP contribution in [0.15, 0.2) is 23.0 Å². The Morgan fingerprint density at radius 3 is 2.67 bits per heavy atom. The maximum absolute atomic E-state index is 9.58. The Kier molecular flexibility index (Phi) is 1.90. The molecule has 1 aromatic heterocycles. The van der Waals surface area contributed by atoms with Gasteiger partial charge < -0.3 is 14.6 Å². The summed E-state index contributed by atoms with van der Waals surface area (Å²) >= 11 is 0. The molecule has 3 nitrogen and oxygen atoms in total. The molecule has 2 unspecified atom stereocenters. The van der Waals surface area contributed by atoms with Gasteiger partial charge in [0.2, 0.25) is 0 Å². The minimum absolute atomic E-state index is 0.287. The number of aliphatic hydroxyl groups excluding tert-OH is 2. The van der Waals surface area contributed by atoms with E-state index in [1.807, 2.05) is 0 Å². The summed E-state index contributed by atoms with van der Waals surface area (Å²) in [7, 11) is 0. The van der Waals surface area contributed by atoms with Gasteiger partial charge in [-0.15, -0.1) is 0 Å². The predicted octanol–water partition coefficient (Wildman–Crippen LogP) is 1.08. The minimum Gasteiger partial charge on any atom is -0.472 e. The van der Waals surface area contributed by atoms with Crippen LogP contribution in [0.3, 0.4) is 0 Å². The summed E-state index contributed by atoms with van der Waals surface area (Å²) in [4.78, 5) is 0. The zero-order chi connectivity index (χ0) is 8.55. The highest BCUT2D eigenvalue weighted by Gasteiger charge is 2.35. The van der Waals surface area contributed by atoms with E-state index in [9.17, 15) is 10.2 Å². The lowest BCUT2D eigenvalue weighted by atomic mass is 10.0. The van der Waals surface area contributed by atoms with E-state index in [0.29, 0.717) is 5.56 Å². The summed E-state index contributed by atoms with van der Waals surface area (Å²) in [5.74, 6) is 0.287. The van der Waals surface area contributed by atoms with Crippen LogP contribution in [0.1, 0.15) is 24.5 Å². The molecular formula is C9H12O3. The molecule has 1 heterocycles. The van der Waals surface area contributed by atoms with Crippen molar-refractivity contribution in [2.45, 2.75) is 25.0 Å². The number of furan rings is 1. The lowest BCUT2D eigenvalue weighted by Gasteiger charge is -2.14. The maximum Gasteiger partial charge on any atom is 0.108 e. The molecule has 1 saturated carbocycles. The first-order chi connectivity index (χ1) is 5.79. The van der Waals surface area contributed by atoms with E-state index in [1.165, 1.54) is 12.5 Å². The number of hydrogen-bond donors (Lipinski definition) is 2. The number of rotatable bonds is 3. The van der Waals surface area contributed by atoms with Crippen LogP contribution in [0.25, 0.3) is 0 Å². The minimum atomic E-state index is -0.781. The van der Waals surface area contributed by atoms with Crippen molar-refractivity contribution in [3.05, 3.63) is 24.2 Å². The summed E-state index contributed by atoms with van der Waals surface area (Å²) in [5, 5.41) is 19.1. The van der Waals surface area contributed by atoms with E-state index in [4.69, 9.17) is 4.42 Å². The molecule has 0 spiro atoms. The van der Waals surface area contributed by atoms with E-state index in [2.05, 4.69) is 0 Å². The van der Waals surface area contributed by atoms with Crippen LogP contribution in [0, 0.1) is 5.92 Å². The smallest absolute Gasteiger partial charge is 0.108 e. The van der Waals surface area contributed by atoms with Crippen LogP contribution in [-0.4, -0.2) is 16.3 Å². The second kappa shape index (κ2) is 2.92. The first-order valence-electron chi connectivity index (χ1n) is 4.17. The zero-order valence-corrected chi connectivity index (χ0v) is 6.68. The molecule has 12 heavy (non-hydrogen) atoms. The van der Waals surface area contributed by atoms with Crippen LogP contribution < -0.4 is 0 Å². The van der Waals surface area contributed by atoms with Gasteiger partial charge in [0.15, 0.2) is 0 Å². The molecule has 3 heteroatoms. The van der Waals surface area contributed by atoms with Gasteiger partial charge in [-0.3, -0.25) is 0 Å². The molecule has 0 saturated heterocycles. The van der Waals surface area contributed by atoms with Gasteiger partial charge in [0.05, 0.1) is 18.6 Å². The van der Waals surface area contributed by atoms with Crippen LogP contribution in [0.2, 0.25) is 0 Å². The molecule has 2 atom stereocenters. The third kappa shape index (κ3) is 1.38. The van der Waals surface area contributed by atoms with Crippen molar-refractivity contribution in [1.29, 1.82) is 0 Å². The lowest BCUT2D eigenvalue weighted by Crippen LogP contribution is -2.19. The van der Waals surface area contributed by atoms with Gasteiger partial charge in [-0.25, -0.2) is 0 Å². The second-order valence-electron chi connectivity index (χ2n) is 3.33. The van der Waals surface area contributed by atoms with Crippen molar-refractivity contribution in [2.24, 2.45) is 5.92 Å². The van der Waals surface area contributed by atoms with Crippen molar-refractivity contribution in [2.75, 3.05) is 0 Å². The Morgan fingerprint density at radius 2 is 2.17 bits per heavy atom. The Labute approximate surface area is 70.6 Å². The third-order valence-corrected chi connectivity index (χ3v) is 2.31. The van der Waals surface area contributed by atoms with Crippen LogP contribution in [0.5, 0.6) is 0 Å². The lowest BCUT2D eigenvalue weighted by molar-refractivity contribution is 0.00454. The van der Waals surface area contributed by atoms with Crippen molar-refractivity contribution in [1.82, 2.24) is 0 Å². The summed E-state index contributed by atoms with van der Waals surface area (Å²) in [5.41, 5.74) is 0.661. The first kappa shape index (κ1) is 7.83. The quantitative estimate of drug-likeness (QED) is 0.710. The molecule has 0 aromatic carbocycles. The Hall–Kier alpha value is -0.800. The van der Waals surface area contributed by atoms with Crippen molar-refractivity contribution in [3.8, 4) is 0 Å². The highest BCUT2D eigenvalue weighted by molar-refractivity contribution is 5.11. The number of hydrogen-bond acceptors (Lipinski definition) is 3. The molecule has 2 N–H and O–H groups in total. The molecule has 66 valence electrons. The topological polar surface area (TPSA) is 53.6 Å². The fourth-order valence-corrected chi connectivity index (χ4v) is 1.34. The van der Waals surface area contributed by atoms with Gasteiger partial charge in [-0.05, 0) is 24.8 Å². The van der Waals surface area contributed by atoms with Gasteiger partial charge in [-0.2, -0.15) is 0 Å². The average Bonchev–Trinajstić information content (AvgIpc) is 2.79. The molecule has 1 aliphatic carbocycles. The molecule has 0 radical (unpaired) electrons. The summed E-state index contributed by atoms with van der Waals surface area (Å²) in [6, 6.07) is 1.68. The molecule has 1 aliphatic rings. The third-order valence-electron chi connectivity index (χ3n) is 2.31. The summed E-state index contributed by atoms with van der Waals surface area (Å²) in [6.45, 7) is 0. The van der Waals surface area contributed by atoms with E-state index in [0.717, 1.165) is 12.8 Å². The molecule has 0 bridgehead atoms. The van der Waals surface area contributed by atoms with Crippen LogP contribution >= 0.6 is 0 Å². The maximum atomic E-state index is 9.58. The van der Waals surface area contributed by atoms with E-state index < -0.39 is 12.2 Å². The van der Waals surface area contributed by atoms with Crippen LogP contribution in [0.4, 0.5) is 0 Å². The summed E-state index contributed by atoms with van der Waals surface area (Å²) < 4.78 is 4.81. The van der Waals surface area contributed by atoms with Gasteiger partial charge in [0.25, 0.3) is 0 Å². The monoisotopic (exact) mass is 168 g/mol. The van der Waals surface area contributed by atoms with Crippen molar-refractivity contribution in [3.63, 3.8) is 0 Å². The Balaban J connectivity index is 2.03. The highest BCUT2D eigenvalue weighted by atomic mass is 16.3. The van der Waals surface area contributed by atoms with Gasteiger partial charge >= 0.3 is 0 Å². The average molecular weight is 168 g/mol. The standard InChI is InChI=1S/C9H12O3/c10-8(6-1-2-6)9(11)7-3-4-12-5-7/h3-6,8-11H,1-2H2. The van der Waals surface area contributed by atoms with E-state index in [1.54, 1.807) is 6.07 Å². The second-order valence-corrected chi connectivity index (χ2v) is 3.33. The molecule has 1 fully saturated rings. The Morgan fingerprint density at radius 1 is 1.42 bits per heavy atom. The zero-order valence-electron chi connectivity index (χ0n) is 6.68. The summed E-state index contributed by atoms with van der Waals surface area (Å²) in [6.07, 6.45) is 3.61. The molecule has 2 rings (SSSR count). The largest absolute Gasteiger partial charge is 0.472 e. The molecule has 0 amide bonds. The van der Waals surface area contributed by atoms with Crippen molar-refractivity contribution >= 4 is 0 Å². The molecule has 1 aromatic rings. The van der Waals surface area contributed by atoms with Gasteiger partial charge in [0.1, 0.15) is 6.10 Å². The van der Waals surface area contributed by atoms with E-state index >= 15 is 0 Å². The highest BCUT2D eigenvalue weighted by Crippen LogP contribution is 2.37. The Bertz CT molecular complexity index is 238. The fourth-order valence-electron chi connectivity index (χ4n) is 1.34. The normalized spacial score (nSPS) is 22.2. The predicted molar refractivity (Wildman–Crippen MR) is 42.4 cm³/mol. The first-order valence-corrected chi connectivity index (χ1v) is 4.17. The molecule has 0 aliphatic heterocycles. The van der Waals surface area contributed by atoms with Crippen LogP contribution in [-0.2, 0) is 0 Å². The number of aliphatic hydroxyl groups is 2.